The van der Waals surface area contributed by atoms with Gasteiger partial charge in [0.15, 0.2) is 0 Å². The molecule has 0 bridgehead atoms. The minimum Gasteiger partial charge on any atom is -0.0667 e. The van der Waals surface area contributed by atoms with Gasteiger partial charge in [0.2, 0.25) is 0 Å². The van der Waals surface area contributed by atoms with Crippen LogP contribution in [-0.4, -0.2) is 0 Å². The standard InChI is InChI=1S/C17H26/c1-3-8-14-10-7-11-15-9-4-2-6-13-17(15)16(14)12-5-1/h1-13H2. The zero-order valence-electron chi connectivity index (χ0n) is 11.2. The quantitative estimate of drug-likeness (QED) is 0.501. The van der Waals surface area contributed by atoms with Crippen molar-refractivity contribution in [2.45, 2.75) is 83.5 Å². The first-order valence-electron chi connectivity index (χ1n) is 7.87. The first-order chi connectivity index (χ1) is 8.45. The van der Waals surface area contributed by atoms with E-state index < -0.39 is 0 Å². The summed E-state index contributed by atoms with van der Waals surface area (Å²) in [6.07, 6.45) is 18.7. The van der Waals surface area contributed by atoms with Crippen molar-refractivity contribution < 1.29 is 0 Å². The Hall–Kier alpha value is -0.520. The average Bonchev–Trinajstić information content (AvgIpc) is 2.72. The van der Waals surface area contributed by atoms with E-state index in [1.165, 1.54) is 83.5 Å². The van der Waals surface area contributed by atoms with Gasteiger partial charge in [-0.2, -0.15) is 0 Å². The van der Waals surface area contributed by atoms with E-state index in [0.29, 0.717) is 0 Å². The third-order valence-corrected chi connectivity index (χ3v) is 4.99. The molecule has 0 atom stereocenters. The van der Waals surface area contributed by atoms with Crippen molar-refractivity contribution in [2.24, 2.45) is 0 Å². The molecule has 0 amide bonds. The summed E-state index contributed by atoms with van der Waals surface area (Å²) in [5, 5.41) is 0. The van der Waals surface area contributed by atoms with Crippen LogP contribution in [0.25, 0.3) is 0 Å². The number of allylic oxidation sites excluding steroid dienone is 4. The first kappa shape index (κ1) is 11.6. The highest BCUT2D eigenvalue weighted by molar-refractivity contribution is 5.41. The van der Waals surface area contributed by atoms with Gasteiger partial charge in [-0.1, -0.05) is 24.0 Å². The molecule has 0 spiro atoms. The molecule has 0 aromatic heterocycles. The van der Waals surface area contributed by atoms with Gasteiger partial charge in [0.25, 0.3) is 0 Å². The fraction of sp³-hybridized carbons (Fsp3) is 0.765. The summed E-state index contributed by atoms with van der Waals surface area (Å²) >= 11 is 0. The minimum atomic E-state index is 1.41. The van der Waals surface area contributed by atoms with Gasteiger partial charge in [-0.3, -0.25) is 0 Å². The summed E-state index contributed by atoms with van der Waals surface area (Å²) in [6, 6.07) is 0. The molecule has 0 fully saturated rings. The van der Waals surface area contributed by atoms with Crippen LogP contribution in [0.4, 0.5) is 0 Å². The van der Waals surface area contributed by atoms with Crippen LogP contribution < -0.4 is 0 Å². The molecule has 0 N–H and O–H groups in total. The van der Waals surface area contributed by atoms with E-state index in [4.69, 9.17) is 0 Å². The highest BCUT2D eigenvalue weighted by Gasteiger charge is 2.21. The monoisotopic (exact) mass is 230 g/mol. The van der Waals surface area contributed by atoms with Crippen molar-refractivity contribution in [1.29, 1.82) is 0 Å². The van der Waals surface area contributed by atoms with Crippen LogP contribution in [0.3, 0.4) is 0 Å². The molecule has 94 valence electrons. The molecule has 3 aliphatic carbocycles. The number of fused-ring (bicyclic) bond motifs is 1. The Morgan fingerprint density at radius 2 is 0.765 bits per heavy atom. The second-order valence-corrected chi connectivity index (χ2v) is 6.14. The fourth-order valence-electron chi connectivity index (χ4n) is 4.08. The highest BCUT2D eigenvalue weighted by atomic mass is 14.3. The summed E-state index contributed by atoms with van der Waals surface area (Å²) < 4.78 is 0. The van der Waals surface area contributed by atoms with Crippen LogP contribution in [0.5, 0.6) is 0 Å². The van der Waals surface area contributed by atoms with Gasteiger partial charge < -0.3 is 0 Å². The molecular weight excluding hydrogens is 204 g/mol. The molecule has 3 aliphatic rings. The van der Waals surface area contributed by atoms with Crippen molar-refractivity contribution >= 4 is 0 Å². The van der Waals surface area contributed by atoms with Gasteiger partial charge >= 0.3 is 0 Å². The van der Waals surface area contributed by atoms with Crippen molar-refractivity contribution in [3.63, 3.8) is 0 Å². The molecule has 0 heteroatoms. The molecule has 0 aromatic rings. The second-order valence-electron chi connectivity index (χ2n) is 6.14. The molecule has 0 radical (unpaired) electrons. The number of hydrogen-bond donors (Lipinski definition) is 0. The van der Waals surface area contributed by atoms with E-state index in [2.05, 4.69) is 0 Å². The van der Waals surface area contributed by atoms with Crippen molar-refractivity contribution in [1.82, 2.24) is 0 Å². The van der Waals surface area contributed by atoms with Crippen LogP contribution in [-0.2, 0) is 0 Å². The summed E-state index contributed by atoms with van der Waals surface area (Å²) in [4.78, 5) is 0. The van der Waals surface area contributed by atoms with Gasteiger partial charge in [-0.05, 0) is 81.8 Å². The lowest BCUT2D eigenvalue weighted by Crippen LogP contribution is -1.96. The van der Waals surface area contributed by atoms with Gasteiger partial charge in [0.1, 0.15) is 0 Å². The highest BCUT2D eigenvalue weighted by Crippen LogP contribution is 2.41. The number of hydrogen-bond acceptors (Lipinski definition) is 0. The Bertz CT molecular complexity index is 309. The maximum Gasteiger partial charge on any atom is -0.0277 e. The largest absolute Gasteiger partial charge is 0.0667 e. The molecule has 17 heavy (non-hydrogen) atoms. The lowest BCUT2D eigenvalue weighted by Gasteiger charge is -2.15. The lowest BCUT2D eigenvalue weighted by atomic mass is 9.90. The van der Waals surface area contributed by atoms with Crippen molar-refractivity contribution in [2.75, 3.05) is 0 Å². The normalized spacial score (nSPS) is 26.8. The molecule has 0 aliphatic heterocycles. The van der Waals surface area contributed by atoms with Crippen LogP contribution in [0.15, 0.2) is 22.3 Å². The third-order valence-electron chi connectivity index (χ3n) is 4.99. The molecule has 0 saturated heterocycles. The van der Waals surface area contributed by atoms with Gasteiger partial charge in [0, 0.05) is 0 Å². The second kappa shape index (κ2) is 5.42. The maximum absolute atomic E-state index is 1.87. The molecule has 0 unspecified atom stereocenters. The summed E-state index contributed by atoms with van der Waals surface area (Å²) in [6.45, 7) is 0. The lowest BCUT2D eigenvalue weighted by molar-refractivity contribution is 0.677. The predicted molar refractivity (Wildman–Crippen MR) is 74.1 cm³/mol. The minimum absolute atomic E-state index is 1.41. The van der Waals surface area contributed by atoms with E-state index >= 15 is 0 Å². The van der Waals surface area contributed by atoms with E-state index in [1.54, 1.807) is 0 Å². The van der Waals surface area contributed by atoms with Crippen LogP contribution in [0, 0.1) is 0 Å². The first-order valence-corrected chi connectivity index (χ1v) is 7.87. The summed E-state index contributed by atoms with van der Waals surface area (Å²) in [7, 11) is 0. The SMILES string of the molecule is C1CCC2=C(CC1)C1=C(CCCCC1)CCC2. The van der Waals surface area contributed by atoms with Gasteiger partial charge in [-0.15, -0.1) is 0 Å². The Morgan fingerprint density at radius 3 is 1.29 bits per heavy atom. The molecule has 0 nitrogen and oxygen atoms in total. The summed E-state index contributed by atoms with van der Waals surface area (Å²) in [5.74, 6) is 0. The fourth-order valence-corrected chi connectivity index (χ4v) is 4.08. The predicted octanol–water partition coefficient (Wildman–Crippen LogP) is 5.69. The van der Waals surface area contributed by atoms with Gasteiger partial charge in [0.05, 0.1) is 0 Å². The molecule has 0 aromatic carbocycles. The van der Waals surface area contributed by atoms with E-state index in [9.17, 15) is 0 Å². The maximum atomic E-state index is 1.87. The molecule has 0 saturated carbocycles. The molecule has 0 heterocycles. The zero-order chi connectivity index (χ0) is 11.5. The Kier molecular flexibility index (Phi) is 3.68. The Labute approximate surface area is 106 Å². The van der Waals surface area contributed by atoms with Crippen molar-refractivity contribution in [3.8, 4) is 0 Å². The Morgan fingerprint density at radius 1 is 0.353 bits per heavy atom. The summed E-state index contributed by atoms with van der Waals surface area (Å²) in [5.41, 5.74) is 7.46. The average molecular weight is 230 g/mol. The van der Waals surface area contributed by atoms with E-state index in [0.717, 1.165) is 0 Å². The van der Waals surface area contributed by atoms with Gasteiger partial charge in [-0.25, -0.2) is 0 Å². The van der Waals surface area contributed by atoms with E-state index in [-0.39, 0.29) is 0 Å². The van der Waals surface area contributed by atoms with Crippen LogP contribution >= 0.6 is 0 Å². The van der Waals surface area contributed by atoms with Crippen LogP contribution in [0.2, 0.25) is 0 Å². The number of rotatable bonds is 0. The van der Waals surface area contributed by atoms with Crippen molar-refractivity contribution in [3.05, 3.63) is 22.3 Å². The molecule has 3 rings (SSSR count). The topological polar surface area (TPSA) is 0 Å². The Balaban J connectivity index is 1.96. The molecular formula is C17H26. The zero-order valence-corrected chi connectivity index (χ0v) is 11.2. The van der Waals surface area contributed by atoms with Crippen LogP contribution in [0.1, 0.15) is 83.5 Å². The van der Waals surface area contributed by atoms with E-state index in [1.807, 2.05) is 22.3 Å². The smallest absolute Gasteiger partial charge is 0.0277 e. The third kappa shape index (κ3) is 2.51.